The second-order valence-electron chi connectivity index (χ2n) is 5.20. The first kappa shape index (κ1) is 12.9. The van der Waals surface area contributed by atoms with Crippen LogP contribution in [0.2, 0.25) is 0 Å². The highest BCUT2D eigenvalue weighted by Crippen LogP contribution is 2.33. The van der Waals surface area contributed by atoms with Gasteiger partial charge in [-0.1, -0.05) is 24.3 Å². The van der Waals surface area contributed by atoms with Crippen molar-refractivity contribution < 1.29 is 10.0 Å². The Balaban J connectivity index is 1.64. The Bertz CT molecular complexity index is 631. The lowest BCUT2D eigenvalue weighted by molar-refractivity contribution is -0.129. The first-order chi connectivity index (χ1) is 9.79. The van der Waals surface area contributed by atoms with Gasteiger partial charge in [0.05, 0.1) is 0 Å². The molecule has 2 heterocycles. The molecule has 4 nitrogen and oxygen atoms in total. The number of carbonyl (C=O) groups is 1. The quantitative estimate of drug-likeness (QED) is 0.425. The maximum Gasteiger partial charge on any atom is 0.243 e. The maximum absolute atomic E-state index is 10.9. The molecule has 0 radical (unpaired) electrons. The van der Waals surface area contributed by atoms with E-state index >= 15 is 0 Å². The second-order valence-corrected chi connectivity index (χ2v) is 5.20. The normalized spacial score (nSPS) is 12.1. The van der Waals surface area contributed by atoms with Gasteiger partial charge in [-0.2, -0.15) is 0 Å². The third kappa shape index (κ3) is 2.34. The molecule has 0 saturated heterocycles. The molecule has 3 rings (SSSR count). The number of unbranched alkanes of at least 4 members (excludes halogenated alkanes) is 1. The number of nitrogens with zero attached hydrogens (tertiary/aromatic N) is 1. The average molecular weight is 270 g/mol. The van der Waals surface area contributed by atoms with E-state index in [1.807, 2.05) is 0 Å². The summed E-state index contributed by atoms with van der Waals surface area (Å²) < 4.78 is 2.36. The predicted octanol–water partition coefficient (Wildman–Crippen LogP) is 2.74. The Morgan fingerprint density at radius 2 is 2.05 bits per heavy atom. The molecule has 1 aliphatic rings. The number of benzene rings is 1. The molecule has 2 aromatic rings. The molecule has 1 aliphatic heterocycles. The fraction of sp³-hybridized carbons (Fsp3) is 0.312. The Labute approximate surface area is 118 Å². The predicted molar refractivity (Wildman–Crippen MR) is 76.5 cm³/mol. The van der Waals surface area contributed by atoms with Crippen LogP contribution in [0.4, 0.5) is 0 Å². The summed E-state index contributed by atoms with van der Waals surface area (Å²) >= 11 is 0. The minimum absolute atomic E-state index is 0.308. The van der Waals surface area contributed by atoms with E-state index in [0.29, 0.717) is 6.42 Å². The topological polar surface area (TPSA) is 54.3 Å². The third-order valence-corrected chi connectivity index (χ3v) is 3.90. The lowest BCUT2D eigenvalue weighted by Crippen LogP contribution is -2.17. The van der Waals surface area contributed by atoms with Crippen LogP contribution in [0.15, 0.2) is 36.4 Å². The zero-order chi connectivity index (χ0) is 13.9. The molecule has 0 bridgehead atoms. The summed E-state index contributed by atoms with van der Waals surface area (Å²) in [6, 6.07) is 12.9. The van der Waals surface area contributed by atoms with Crippen molar-refractivity contribution in [2.75, 3.05) is 0 Å². The summed E-state index contributed by atoms with van der Waals surface area (Å²) in [5.74, 6) is -0.308. The van der Waals surface area contributed by atoms with Crippen molar-refractivity contribution in [1.29, 1.82) is 0 Å². The smallest absolute Gasteiger partial charge is 0.243 e. The standard InChI is InChI=1S/C16H18N2O2/c19-16(17-20)8-4-2-6-13-9-10-15-14-7-3-1-5-12(14)11-18(13)15/h1,3,5,7,9-10,20H,2,4,6,8,11H2,(H,17,19). The average Bonchev–Trinajstić information content (AvgIpc) is 3.02. The van der Waals surface area contributed by atoms with Gasteiger partial charge in [0.1, 0.15) is 0 Å². The number of nitrogens with one attached hydrogen (secondary N) is 1. The van der Waals surface area contributed by atoms with Gasteiger partial charge < -0.3 is 4.57 Å². The van der Waals surface area contributed by atoms with E-state index < -0.39 is 0 Å². The number of fused-ring (bicyclic) bond motifs is 3. The van der Waals surface area contributed by atoms with Gasteiger partial charge in [0, 0.05) is 29.9 Å². The van der Waals surface area contributed by atoms with E-state index in [1.165, 1.54) is 22.5 Å². The van der Waals surface area contributed by atoms with Crippen LogP contribution in [0.1, 0.15) is 30.5 Å². The molecule has 4 heteroatoms. The van der Waals surface area contributed by atoms with Crippen LogP contribution in [0, 0.1) is 0 Å². The van der Waals surface area contributed by atoms with Crippen LogP contribution < -0.4 is 5.48 Å². The molecule has 0 spiro atoms. The Hall–Kier alpha value is -2.07. The zero-order valence-corrected chi connectivity index (χ0v) is 11.3. The molecule has 0 unspecified atom stereocenters. The molecule has 1 aromatic carbocycles. The van der Waals surface area contributed by atoms with E-state index in [1.54, 1.807) is 5.48 Å². The molecule has 0 atom stereocenters. The minimum atomic E-state index is -0.308. The van der Waals surface area contributed by atoms with E-state index in [-0.39, 0.29) is 5.91 Å². The first-order valence-corrected chi connectivity index (χ1v) is 6.99. The molecule has 20 heavy (non-hydrogen) atoms. The van der Waals surface area contributed by atoms with Gasteiger partial charge in [0.2, 0.25) is 5.91 Å². The van der Waals surface area contributed by atoms with Gasteiger partial charge in [-0.15, -0.1) is 0 Å². The van der Waals surface area contributed by atoms with Crippen molar-refractivity contribution in [2.45, 2.75) is 32.2 Å². The van der Waals surface area contributed by atoms with Crippen molar-refractivity contribution in [3.8, 4) is 11.3 Å². The van der Waals surface area contributed by atoms with Gasteiger partial charge in [-0.25, -0.2) is 5.48 Å². The number of aromatic nitrogens is 1. The maximum atomic E-state index is 10.9. The van der Waals surface area contributed by atoms with Crippen molar-refractivity contribution in [1.82, 2.24) is 10.0 Å². The number of hydrogen-bond donors (Lipinski definition) is 2. The molecular weight excluding hydrogens is 252 g/mol. The summed E-state index contributed by atoms with van der Waals surface area (Å²) in [5.41, 5.74) is 6.99. The number of hydrogen-bond acceptors (Lipinski definition) is 2. The number of rotatable bonds is 5. The molecule has 1 aromatic heterocycles. The van der Waals surface area contributed by atoms with E-state index in [4.69, 9.17) is 5.21 Å². The Morgan fingerprint density at radius 3 is 2.90 bits per heavy atom. The fourth-order valence-corrected chi connectivity index (χ4v) is 2.88. The molecule has 2 N–H and O–H groups in total. The molecular formula is C16H18N2O2. The van der Waals surface area contributed by atoms with Crippen LogP contribution in [0.5, 0.6) is 0 Å². The highest BCUT2D eigenvalue weighted by Gasteiger charge is 2.19. The number of amides is 1. The molecule has 0 aliphatic carbocycles. The summed E-state index contributed by atoms with van der Waals surface area (Å²) in [6.45, 7) is 0.949. The Morgan fingerprint density at radius 1 is 1.20 bits per heavy atom. The van der Waals surface area contributed by atoms with Crippen LogP contribution in [-0.4, -0.2) is 15.7 Å². The third-order valence-electron chi connectivity index (χ3n) is 3.90. The number of carbonyl (C=O) groups excluding carboxylic acids is 1. The van der Waals surface area contributed by atoms with Gasteiger partial charge in [-0.05, 0) is 37.0 Å². The summed E-state index contributed by atoms with van der Waals surface area (Å²) in [4.78, 5) is 10.9. The van der Waals surface area contributed by atoms with Crippen molar-refractivity contribution in [2.24, 2.45) is 0 Å². The first-order valence-electron chi connectivity index (χ1n) is 6.99. The van der Waals surface area contributed by atoms with Crippen molar-refractivity contribution >= 4 is 5.91 Å². The van der Waals surface area contributed by atoms with Crippen molar-refractivity contribution in [3.63, 3.8) is 0 Å². The van der Waals surface area contributed by atoms with E-state index in [9.17, 15) is 4.79 Å². The van der Waals surface area contributed by atoms with Crippen molar-refractivity contribution in [3.05, 3.63) is 47.7 Å². The summed E-state index contributed by atoms with van der Waals surface area (Å²) in [7, 11) is 0. The van der Waals surface area contributed by atoms with Gasteiger partial charge in [-0.3, -0.25) is 10.0 Å². The van der Waals surface area contributed by atoms with E-state index in [0.717, 1.165) is 25.8 Å². The monoisotopic (exact) mass is 270 g/mol. The lowest BCUT2D eigenvalue weighted by Gasteiger charge is -2.06. The van der Waals surface area contributed by atoms with Gasteiger partial charge >= 0.3 is 0 Å². The minimum Gasteiger partial charge on any atom is -0.340 e. The molecule has 0 saturated carbocycles. The van der Waals surface area contributed by atoms with Crippen LogP contribution in [0.3, 0.4) is 0 Å². The number of hydroxylamine groups is 1. The number of aryl methyl sites for hydroxylation is 1. The zero-order valence-electron chi connectivity index (χ0n) is 11.3. The second kappa shape index (κ2) is 5.51. The van der Waals surface area contributed by atoms with Gasteiger partial charge in [0.25, 0.3) is 0 Å². The van der Waals surface area contributed by atoms with E-state index in [2.05, 4.69) is 41.0 Å². The van der Waals surface area contributed by atoms with Crippen LogP contribution in [-0.2, 0) is 17.8 Å². The molecule has 1 amide bonds. The highest BCUT2D eigenvalue weighted by atomic mass is 16.5. The molecule has 104 valence electrons. The van der Waals surface area contributed by atoms with Crippen LogP contribution >= 0.6 is 0 Å². The molecule has 0 fully saturated rings. The van der Waals surface area contributed by atoms with Gasteiger partial charge in [0.15, 0.2) is 0 Å². The van der Waals surface area contributed by atoms with Crippen LogP contribution in [0.25, 0.3) is 11.3 Å². The fourth-order valence-electron chi connectivity index (χ4n) is 2.88. The summed E-state index contributed by atoms with van der Waals surface area (Å²) in [5, 5.41) is 8.44. The summed E-state index contributed by atoms with van der Waals surface area (Å²) in [6.07, 6.45) is 3.09. The largest absolute Gasteiger partial charge is 0.340 e. The highest BCUT2D eigenvalue weighted by molar-refractivity contribution is 5.74. The lowest BCUT2D eigenvalue weighted by atomic mass is 10.1. The Kier molecular flexibility index (Phi) is 3.56. The SMILES string of the molecule is O=C(CCCCc1ccc2n1Cc1ccccc1-2)NO.